The van der Waals surface area contributed by atoms with Crippen molar-refractivity contribution in [2.24, 2.45) is 41.5 Å². The Labute approximate surface area is 115 Å². The van der Waals surface area contributed by atoms with E-state index in [1.54, 1.807) is 16.4 Å². The van der Waals surface area contributed by atoms with Crippen molar-refractivity contribution in [3.63, 3.8) is 0 Å². The van der Waals surface area contributed by atoms with Crippen LogP contribution in [0.3, 0.4) is 0 Å². The first-order chi connectivity index (χ1) is 9.57. The van der Waals surface area contributed by atoms with Gasteiger partial charge in [0.15, 0.2) is 0 Å². The molecule has 6 nitrogen and oxygen atoms in total. The molecule has 2 spiro atoms. The number of aromatic nitrogens is 3. The Morgan fingerprint density at radius 3 is 1.90 bits per heavy atom. The Hall–Kier alpha value is -1.11. The minimum atomic E-state index is -0.755. The van der Waals surface area contributed by atoms with E-state index in [-0.39, 0.29) is 34.3 Å². The minimum Gasteiger partial charge on any atom is -0.260 e. The zero-order chi connectivity index (χ0) is 13.3. The summed E-state index contributed by atoms with van der Waals surface area (Å²) >= 11 is 0. The number of nitrogens with zero attached hydrogens (tertiary/aromatic N) is 3. The second kappa shape index (κ2) is 2.14. The van der Waals surface area contributed by atoms with E-state index in [1.165, 1.54) is 4.57 Å². The maximum Gasteiger partial charge on any atom is 0.347 e. The van der Waals surface area contributed by atoms with E-state index in [1.807, 2.05) is 0 Å². The standard InChI is InChI=1S/C13H13N3O3S/c1-14-10(17)15-8-4-5-7-6(4)12(8)2-20(19)3-13(7,12)9(5)16(15)11(14)18/h4-9H,2-3H2,1H3/t4-,5-,6-,7-,8+,9+,12-,13-/m1/s1. The number of hydrogen-bond acceptors (Lipinski definition) is 3. The van der Waals surface area contributed by atoms with Crippen molar-refractivity contribution >= 4 is 10.8 Å². The fourth-order valence-electron chi connectivity index (χ4n) is 7.93. The topological polar surface area (TPSA) is 66.0 Å². The van der Waals surface area contributed by atoms with Gasteiger partial charge in [0.05, 0.1) is 12.1 Å². The average molecular weight is 291 g/mol. The molecule has 7 aliphatic rings. The monoisotopic (exact) mass is 291 g/mol. The van der Waals surface area contributed by atoms with Crippen molar-refractivity contribution in [1.29, 1.82) is 0 Å². The molecular formula is C13H13N3O3S. The SMILES string of the molecule is Cn1c(=O)n2n(c1=O)[C@H]1[C@@H]3[C@@H]4[C@@H]5[C@@H]3[C@]13CS(=O)C[C@]53[C@H]42. The zero-order valence-corrected chi connectivity index (χ0v) is 11.7. The van der Waals surface area contributed by atoms with Crippen LogP contribution in [0, 0.1) is 34.5 Å². The van der Waals surface area contributed by atoms with E-state index < -0.39 is 10.8 Å². The second-order valence-corrected chi connectivity index (χ2v) is 9.18. The van der Waals surface area contributed by atoms with Gasteiger partial charge in [-0.05, 0) is 23.7 Å². The Balaban J connectivity index is 1.67. The van der Waals surface area contributed by atoms with Gasteiger partial charge in [-0.1, -0.05) is 0 Å². The van der Waals surface area contributed by atoms with Gasteiger partial charge in [0.1, 0.15) is 0 Å². The van der Waals surface area contributed by atoms with Crippen LogP contribution in [0.25, 0.3) is 0 Å². The van der Waals surface area contributed by atoms with Crippen molar-refractivity contribution in [3.8, 4) is 0 Å². The van der Waals surface area contributed by atoms with Crippen LogP contribution < -0.4 is 11.4 Å². The van der Waals surface area contributed by atoms with Crippen molar-refractivity contribution < 1.29 is 4.21 Å². The maximum absolute atomic E-state index is 12.4. The number of hydrogen-bond donors (Lipinski definition) is 0. The molecule has 5 fully saturated rings. The van der Waals surface area contributed by atoms with Crippen molar-refractivity contribution in [3.05, 3.63) is 21.0 Å². The van der Waals surface area contributed by atoms with Crippen LogP contribution in [0.4, 0.5) is 0 Å². The van der Waals surface area contributed by atoms with Gasteiger partial charge in [0, 0.05) is 40.2 Å². The summed E-state index contributed by atoms with van der Waals surface area (Å²) < 4.78 is 17.0. The molecule has 8 atom stereocenters. The molecule has 0 radical (unpaired) electrons. The lowest BCUT2D eigenvalue weighted by Crippen LogP contribution is -3.00. The van der Waals surface area contributed by atoms with E-state index in [4.69, 9.17) is 0 Å². The summed E-state index contributed by atoms with van der Waals surface area (Å²) in [5, 5.41) is 0. The Kier molecular flexibility index (Phi) is 1.04. The molecule has 4 heterocycles. The molecule has 1 aromatic heterocycles. The highest BCUT2D eigenvalue weighted by Gasteiger charge is 3.04. The van der Waals surface area contributed by atoms with Gasteiger partial charge in [-0.25, -0.2) is 23.5 Å². The highest BCUT2D eigenvalue weighted by molar-refractivity contribution is 7.85. The average Bonchev–Trinajstić information content (AvgIpc) is 2.81. The van der Waals surface area contributed by atoms with E-state index >= 15 is 0 Å². The van der Waals surface area contributed by atoms with E-state index in [0.717, 1.165) is 23.3 Å². The predicted molar refractivity (Wildman–Crippen MR) is 68.7 cm³/mol. The first-order valence-corrected chi connectivity index (χ1v) is 8.81. The summed E-state index contributed by atoms with van der Waals surface area (Å²) in [5.74, 6) is 4.18. The quantitative estimate of drug-likeness (QED) is 0.597. The summed E-state index contributed by atoms with van der Waals surface area (Å²) in [6.45, 7) is 0. The third-order valence-electron chi connectivity index (χ3n) is 8.03. The fraction of sp³-hybridized carbons (Fsp3) is 0.846. The van der Waals surface area contributed by atoms with Crippen molar-refractivity contribution in [1.82, 2.24) is 13.9 Å². The smallest absolute Gasteiger partial charge is 0.260 e. The van der Waals surface area contributed by atoms with Gasteiger partial charge in [0.25, 0.3) is 0 Å². The highest BCUT2D eigenvalue weighted by Crippen LogP contribution is 3.03. The lowest BCUT2D eigenvalue weighted by Gasteiger charge is -2.99. The summed E-state index contributed by atoms with van der Waals surface area (Å²) in [5.41, 5.74) is -0.107. The van der Waals surface area contributed by atoms with Gasteiger partial charge in [-0.15, -0.1) is 0 Å². The van der Waals surface area contributed by atoms with Gasteiger partial charge in [-0.2, -0.15) is 0 Å². The summed E-state index contributed by atoms with van der Waals surface area (Å²) in [6.07, 6.45) is 0. The van der Waals surface area contributed by atoms with Crippen LogP contribution in [0.1, 0.15) is 12.1 Å². The molecule has 2 bridgehead atoms. The Morgan fingerprint density at radius 2 is 1.45 bits per heavy atom. The summed E-state index contributed by atoms with van der Waals surface area (Å²) in [4.78, 5) is 24.8. The molecule has 0 amide bonds. The van der Waals surface area contributed by atoms with Gasteiger partial charge < -0.3 is 0 Å². The van der Waals surface area contributed by atoms with Crippen LogP contribution in [0.15, 0.2) is 9.59 Å². The molecule has 7 heteroatoms. The van der Waals surface area contributed by atoms with Crippen LogP contribution in [0.5, 0.6) is 0 Å². The van der Waals surface area contributed by atoms with E-state index in [9.17, 15) is 13.8 Å². The molecular weight excluding hydrogens is 278 g/mol. The highest BCUT2D eigenvalue weighted by atomic mass is 32.2. The molecule has 20 heavy (non-hydrogen) atoms. The largest absolute Gasteiger partial charge is 0.347 e. The maximum atomic E-state index is 12.4. The molecule has 1 saturated heterocycles. The van der Waals surface area contributed by atoms with Crippen molar-refractivity contribution in [2.45, 2.75) is 12.1 Å². The van der Waals surface area contributed by atoms with Gasteiger partial charge >= 0.3 is 11.4 Å². The minimum absolute atomic E-state index is 0.115. The molecule has 4 aliphatic carbocycles. The Morgan fingerprint density at radius 1 is 1.00 bits per heavy atom. The molecule has 0 N–H and O–H groups in total. The first-order valence-electron chi connectivity index (χ1n) is 7.32. The molecule has 4 saturated carbocycles. The molecule has 0 unspecified atom stereocenters. The van der Waals surface area contributed by atoms with Crippen LogP contribution in [-0.4, -0.2) is 29.6 Å². The van der Waals surface area contributed by atoms with Crippen LogP contribution in [-0.2, 0) is 17.8 Å². The molecule has 104 valence electrons. The third-order valence-corrected chi connectivity index (χ3v) is 9.63. The Bertz CT molecular complexity index is 841. The van der Waals surface area contributed by atoms with Gasteiger partial charge in [-0.3, -0.25) is 4.21 Å². The molecule has 0 aromatic carbocycles. The second-order valence-electron chi connectivity index (χ2n) is 7.72. The van der Waals surface area contributed by atoms with Crippen LogP contribution >= 0.6 is 0 Å². The first kappa shape index (κ1) is 9.76. The third kappa shape index (κ3) is 0.484. The normalized spacial score (nSPS) is 61.6. The molecule has 1 aromatic rings. The van der Waals surface area contributed by atoms with Crippen molar-refractivity contribution in [2.75, 3.05) is 11.5 Å². The fourth-order valence-corrected chi connectivity index (χ4v) is 10.4. The lowest BCUT2D eigenvalue weighted by molar-refractivity contribution is -0.533. The predicted octanol–water partition coefficient (Wildman–Crippen LogP) is -1.30. The van der Waals surface area contributed by atoms with Gasteiger partial charge in [0.2, 0.25) is 0 Å². The molecule has 3 aliphatic heterocycles. The zero-order valence-electron chi connectivity index (χ0n) is 10.9. The lowest BCUT2D eigenvalue weighted by atomic mass is 9.06. The van der Waals surface area contributed by atoms with Crippen LogP contribution in [0.2, 0.25) is 0 Å². The number of rotatable bonds is 0. The molecule has 8 rings (SSSR count). The summed E-state index contributed by atoms with van der Waals surface area (Å²) in [7, 11) is 0.824. The summed E-state index contributed by atoms with van der Waals surface area (Å²) in [6, 6.07) is 0.334. The van der Waals surface area contributed by atoms with E-state index in [2.05, 4.69) is 0 Å². The van der Waals surface area contributed by atoms with E-state index in [0.29, 0.717) is 11.8 Å².